The quantitative estimate of drug-likeness (QED) is 0.405. The molecule has 11 heteroatoms. The molecule has 0 saturated carbocycles. The van der Waals surface area contributed by atoms with Crippen LogP contribution in [-0.4, -0.2) is 47.1 Å². The topological polar surface area (TPSA) is 163 Å². The third-order valence-electron chi connectivity index (χ3n) is 5.78. The molecule has 184 valence electrons. The van der Waals surface area contributed by atoms with Crippen LogP contribution < -0.4 is 26.4 Å². The molecule has 0 fully saturated rings. The van der Waals surface area contributed by atoms with Crippen LogP contribution in [0.3, 0.4) is 0 Å². The molecule has 1 aromatic heterocycles. The van der Waals surface area contributed by atoms with Crippen molar-refractivity contribution in [2.24, 2.45) is 11.5 Å². The van der Waals surface area contributed by atoms with Gasteiger partial charge in [0.2, 0.25) is 5.91 Å². The number of carbonyl (C=O) groups excluding carboxylic acids is 4. The lowest BCUT2D eigenvalue weighted by Gasteiger charge is -2.28. The summed E-state index contributed by atoms with van der Waals surface area (Å²) in [5.74, 6) is 0.853. The first-order valence-corrected chi connectivity index (χ1v) is 11.1. The maximum atomic E-state index is 13.6. The molecule has 0 saturated heterocycles. The van der Waals surface area contributed by atoms with E-state index in [1.165, 1.54) is 4.68 Å². The normalized spacial score (nSPS) is 12.5. The van der Waals surface area contributed by atoms with Crippen LogP contribution in [0.4, 0.5) is 11.4 Å². The van der Waals surface area contributed by atoms with Gasteiger partial charge in [-0.15, -0.1) is 0 Å². The van der Waals surface area contributed by atoms with Gasteiger partial charge in [-0.25, -0.2) is 9.48 Å². The molecular weight excluding hydrogens is 464 g/mol. The molecule has 3 amide bonds. The molecule has 5 N–H and O–H groups in total. The summed E-state index contributed by atoms with van der Waals surface area (Å²) in [5.41, 5.74) is 13.5. The van der Waals surface area contributed by atoms with Gasteiger partial charge in [-0.2, -0.15) is 5.10 Å². The third kappa shape index (κ3) is 4.82. The molecule has 36 heavy (non-hydrogen) atoms. The average Bonchev–Trinajstić information content (AvgIpc) is 3.29. The van der Waals surface area contributed by atoms with Crippen LogP contribution in [0.5, 0.6) is 5.75 Å². The van der Waals surface area contributed by atoms with Crippen LogP contribution in [0.15, 0.2) is 54.2 Å². The minimum atomic E-state index is -0.703. The van der Waals surface area contributed by atoms with Crippen molar-refractivity contribution in [1.82, 2.24) is 9.78 Å². The van der Waals surface area contributed by atoms with E-state index in [9.17, 15) is 19.2 Å². The Balaban J connectivity index is 1.59. The molecule has 0 atom stereocenters. The van der Waals surface area contributed by atoms with E-state index in [2.05, 4.69) is 10.4 Å². The number of amides is 3. The average molecular weight is 489 g/mol. The van der Waals surface area contributed by atoms with Crippen molar-refractivity contribution in [1.29, 1.82) is 0 Å². The van der Waals surface area contributed by atoms with Crippen molar-refractivity contribution in [3.05, 3.63) is 71.2 Å². The molecule has 0 aliphatic carbocycles. The van der Waals surface area contributed by atoms with Crippen molar-refractivity contribution in [3.8, 4) is 11.4 Å². The SMILES string of the molecule is COc1ccc(-n2nc(C(N)=O)c3c2C(=O)N(c2ccc(NC(=O)CCC(N)=C=O)cc2)CC3)cc1. The van der Waals surface area contributed by atoms with Crippen molar-refractivity contribution < 1.29 is 23.9 Å². The Morgan fingerprint density at radius 2 is 1.72 bits per heavy atom. The predicted molar refractivity (Wildman–Crippen MR) is 132 cm³/mol. The highest BCUT2D eigenvalue weighted by Gasteiger charge is 2.34. The highest BCUT2D eigenvalue weighted by molar-refractivity contribution is 6.09. The van der Waals surface area contributed by atoms with Gasteiger partial charge in [-0.05, 0) is 55.0 Å². The first kappa shape index (κ1) is 24.2. The molecular formula is C25H24N6O5. The number of carbonyl (C=O) groups is 3. The number of nitrogens with one attached hydrogen (secondary N) is 1. The number of rotatable bonds is 8. The number of ether oxygens (including phenoxy) is 1. The number of anilines is 2. The molecule has 0 unspecified atom stereocenters. The summed E-state index contributed by atoms with van der Waals surface area (Å²) < 4.78 is 6.62. The first-order valence-electron chi connectivity index (χ1n) is 11.1. The largest absolute Gasteiger partial charge is 0.497 e. The van der Waals surface area contributed by atoms with E-state index < -0.39 is 5.91 Å². The summed E-state index contributed by atoms with van der Waals surface area (Å²) >= 11 is 0. The number of allylic oxidation sites excluding steroid dienone is 1. The number of fused-ring (bicyclic) bond motifs is 1. The molecule has 2 heterocycles. The first-order chi connectivity index (χ1) is 17.3. The lowest BCUT2D eigenvalue weighted by molar-refractivity contribution is -0.116. The van der Waals surface area contributed by atoms with Gasteiger partial charge in [0, 0.05) is 36.3 Å². The van der Waals surface area contributed by atoms with E-state index in [0.717, 1.165) is 0 Å². The number of nitrogens with zero attached hydrogens (tertiary/aromatic N) is 3. The molecule has 1 aliphatic heterocycles. The van der Waals surface area contributed by atoms with Gasteiger partial charge in [0.05, 0.1) is 18.5 Å². The Morgan fingerprint density at radius 1 is 1.06 bits per heavy atom. The lowest BCUT2D eigenvalue weighted by Crippen LogP contribution is -2.39. The van der Waals surface area contributed by atoms with E-state index in [0.29, 0.717) is 41.3 Å². The summed E-state index contributed by atoms with van der Waals surface area (Å²) in [4.78, 5) is 49.7. The van der Waals surface area contributed by atoms with Gasteiger partial charge in [-0.3, -0.25) is 14.4 Å². The Kier molecular flexibility index (Phi) is 6.84. The number of methoxy groups -OCH3 is 1. The zero-order valence-corrected chi connectivity index (χ0v) is 19.5. The molecule has 2 aromatic carbocycles. The van der Waals surface area contributed by atoms with E-state index in [4.69, 9.17) is 16.2 Å². The van der Waals surface area contributed by atoms with Crippen LogP contribution in [0.1, 0.15) is 39.4 Å². The second kappa shape index (κ2) is 10.2. The van der Waals surface area contributed by atoms with E-state index >= 15 is 0 Å². The van der Waals surface area contributed by atoms with Gasteiger partial charge in [-0.1, -0.05) is 0 Å². The summed E-state index contributed by atoms with van der Waals surface area (Å²) in [6.45, 7) is 0.323. The Bertz CT molecular complexity index is 1370. The van der Waals surface area contributed by atoms with E-state index in [1.54, 1.807) is 66.5 Å². The smallest absolute Gasteiger partial charge is 0.277 e. The van der Waals surface area contributed by atoms with Crippen LogP contribution in [-0.2, 0) is 16.0 Å². The summed E-state index contributed by atoms with van der Waals surface area (Å²) in [6, 6.07) is 13.7. The van der Waals surface area contributed by atoms with E-state index in [-0.39, 0.29) is 41.7 Å². The summed E-state index contributed by atoms with van der Waals surface area (Å²) in [7, 11) is 1.55. The van der Waals surface area contributed by atoms with Crippen molar-refractivity contribution in [2.75, 3.05) is 23.9 Å². The third-order valence-corrected chi connectivity index (χ3v) is 5.78. The number of hydrogen-bond acceptors (Lipinski definition) is 7. The van der Waals surface area contributed by atoms with Gasteiger partial charge >= 0.3 is 0 Å². The van der Waals surface area contributed by atoms with Crippen LogP contribution in [0, 0.1) is 0 Å². The zero-order valence-electron chi connectivity index (χ0n) is 19.5. The summed E-state index contributed by atoms with van der Waals surface area (Å²) in [5, 5.41) is 7.07. The predicted octanol–water partition coefficient (Wildman–Crippen LogP) is 1.58. The maximum absolute atomic E-state index is 13.6. The fourth-order valence-corrected chi connectivity index (χ4v) is 3.96. The Morgan fingerprint density at radius 3 is 2.33 bits per heavy atom. The van der Waals surface area contributed by atoms with Crippen molar-refractivity contribution >= 4 is 35.0 Å². The number of aromatic nitrogens is 2. The second-order valence-corrected chi connectivity index (χ2v) is 8.08. The Hall–Kier alpha value is -4.89. The summed E-state index contributed by atoms with van der Waals surface area (Å²) in [6.07, 6.45) is 0.556. The number of benzene rings is 2. The number of primary amides is 1. The fraction of sp³-hybridized carbons (Fsp3) is 0.200. The van der Waals surface area contributed by atoms with Crippen LogP contribution in [0.2, 0.25) is 0 Å². The highest BCUT2D eigenvalue weighted by Crippen LogP contribution is 2.30. The molecule has 11 nitrogen and oxygen atoms in total. The van der Waals surface area contributed by atoms with Gasteiger partial charge in [0.1, 0.15) is 17.4 Å². The molecule has 0 radical (unpaired) electrons. The van der Waals surface area contributed by atoms with Crippen LogP contribution in [0.25, 0.3) is 5.69 Å². The molecule has 4 rings (SSSR count). The second-order valence-electron chi connectivity index (χ2n) is 8.08. The standard InChI is InChI=1S/C25H24N6O5/c1-36-19-9-7-18(8-10-19)31-23-20(22(29-31)24(27)34)12-13-30(25(23)35)17-5-3-16(4-6-17)28-21(33)11-2-15(26)14-32/h3-10H,2,11-13,26H2,1H3,(H2,27,34)(H,28,33). The Labute approximate surface area is 206 Å². The number of nitrogens with two attached hydrogens (primary N) is 2. The van der Waals surface area contributed by atoms with Gasteiger partial charge in [0.25, 0.3) is 11.8 Å². The zero-order chi connectivity index (χ0) is 25.8. The lowest BCUT2D eigenvalue weighted by atomic mass is 10.0. The van der Waals surface area contributed by atoms with Crippen molar-refractivity contribution in [2.45, 2.75) is 19.3 Å². The van der Waals surface area contributed by atoms with E-state index in [1.807, 2.05) is 0 Å². The molecule has 0 bridgehead atoms. The van der Waals surface area contributed by atoms with Gasteiger partial charge in [0.15, 0.2) is 5.69 Å². The molecule has 1 aliphatic rings. The van der Waals surface area contributed by atoms with Crippen molar-refractivity contribution in [3.63, 3.8) is 0 Å². The fourth-order valence-electron chi connectivity index (χ4n) is 3.96. The molecule has 3 aromatic rings. The monoisotopic (exact) mass is 488 g/mol. The molecule has 0 spiro atoms. The van der Waals surface area contributed by atoms with Crippen LogP contribution >= 0.6 is 0 Å². The number of hydrogen-bond donors (Lipinski definition) is 3. The minimum Gasteiger partial charge on any atom is -0.497 e. The highest BCUT2D eigenvalue weighted by atomic mass is 16.5. The van der Waals surface area contributed by atoms with Gasteiger partial charge < -0.3 is 26.4 Å². The minimum absolute atomic E-state index is 0.0168. The maximum Gasteiger partial charge on any atom is 0.277 e.